The largest absolute Gasteiger partial charge is 0.347 e. The molecule has 0 saturated carbocycles. The van der Waals surface area contributed by atoms with E-state index in [0.29, 0.717) is 25.2 Å². The van der Waals surface area contributed by atoms with Crippen LogP contribution in [0.1, 0.15) is 54.0 Å². The Kier molecular flexibility index (Phi) is 6.14. The first-order valence-corrected chi connectivity index (χ1v) is 10.7. The molecule has 148 valence electrons. The van der Waals surface area contributed by atoms with Crippen molar-refractivity contribution in [3.63, 3.8) is 0 Å². The van der Waals surface area contributed by atoms with E-state index in [1.807, 2.05) is 32.2 Å². The van der Waals surface area contributed by atoms with Gasteiger partial charge in [-0.25, -0.2) is 9.78 Å². The Morgan fingerprint density at radius 2 is 2.11 bits per heavy atom. The summed E-state index contributed by atoms with van der Waals surface area (Å²) in [6.07, 6.45) is 0.698. The Balaban J connectivity index is 2.14. The minimum Gasteiger partial charge on any atom is -0.347 e. The number of amides is 1. The second kappa shape index (κ2) is 8.40. The number of aryl methyl sites for hydroxylation is 1. The molecule has 0 unspecified atom stereocenters. The van der Waals surface area contributed by atoms with E-state index in [2.05, 4.69) is 31.2 Å². The second-order valence-corrected chi connectivity index (χ2v) is 8.68. The van der Waals surface area contributed by atoms with Crippen LogP contribution in [0, 0.1) is 0 Å². The first kappa shape index (κ1) is 20.5. The number of pyridine rings is 1. The third-order valence-electron chi connectivity index (χ3n) is 4.30. The Bertz CT molecular complexity index is 1150. The van der Waals surface area contributed by atoms with Gasteiger partial charge in [0.1, 0.15) is 0 Å². The highest BCUT2D eigenvalue weighted by molar-refractivity contribution is 9.10. The van der Waals surface area contributed by atoms with Gasteiger partial charge in [-0.3, -0.25) is 19.1 Å². The fourth-order valence-electron chi connectivity index (χ4n) is 2.91. The average Bonchev–Trinajstić information content (AvgIpc) is 3.07. The molecule has 0 saturated heterocycles. The van der Waals surface area contributed by atoms with E-state index in [0.717, 1.165) is 9.35 Å². The van der Waals surface area contributed by atoms with Crippen LogP contribution in [0.5, 0.6) is 0 Å². The highest BCUT2D eigenvalue weighted by atomic mass is 79.9. The Morgan fingerprint density at radius 1 is 1.36 bits per heavy atom. The van der Waals surface area contributed by atoms with E-state index < -0.39 is 11.2 Å². The minimum absolute atomic E-state index is 0.0358. The summed E-state index contributed by atoms with van der Waals surface area (Å²) in [5.74, 6) is -0.334. The van der Waals surface area contributed by atoms with Gasteiger partial charge in [-0.15, -0.1) is 11.3 Å². The number of hydrogen-bond donors (Lipinski definition) is 2. The number of thiophene rings is 1. The molecule has 0 radical (unpaired) electrons. The molecule has 0 aliphatic rings. The van der Waals surface area contributed by atoms with Gasteiger partial charge in [0, 0.05) is 27.0 Å². The predicted octanol–water partition coefficient (Wildman–Crippen LogP) is 3.37. The molecule has 0 spiro atoms. The highest BCUT2D eigenvalue weighted by Gasteiger charge is 2.20. The first-order valence-electron chi connectivity index (χ1n) is 9.00. The van der Waals surface area contributed by atoms with Gasteiger partial charge >= 0.3 is 5.69 Å². The van der Waals surface area contributed by atoms with Crippen LogP contribution >= 0.6 is 27.3 Å². The number of carbonyl (C=O) groups is 1. The zero-order valence-electron chi connectivity index (χ0n) is 15.8. The summed E-state index contributed by atoms with van der Waals surface area (Å²) in [6.45, 7) is 6.60. The van der Waals surface area contributed by atoms with Gasteiger partial charge in [0.05, 0.1) is 17.5 Å². The quantitative estimate of drug-likeness (QED) is 0.584. The standard InChI is InChI=1S/C19H21BrN4O3S/c1-4-5-24-16-15(18(26)23-19(24)27)13(7-14(22-16)10(2)3)17(25)21-8-12-6-11(20)9-28-12/h6-7,9-10H,4-5,8H2,1-3H3,(H,21,25)(H,23,26,27). The lowest BCUT2D eigenvalue weighted by Gasteiger charge is -2.14. The predicted molar refractivity (Wildman–Crippen MR) is 114 cm³/mol. The van der Waals surface area contributed by atoms with Gasteiger partial charge in [-0.1, -0.05) is 20.8 Å². The molecule has 0 bridgehead atoms. The molecule has 0 atom stereocenters. The number of H-pyrrole nitrogens is 1. The van der Waals surface area contributed by atoms with Crippen molar-refractivity contribution in [3.05, 3.63) is 59.0 Å². The molecule has 0 aromatic carbocycles. The van der Waals surface area contributed by atoms with E-state index in [9.17, 15) is 14.4 Å². The first-order chi connectivity index (χ1) is 13.3. The Hall–Kier alpha value is -2.26. The molecule has 9 heteroatoms. The van der Waals surface area contributed by atoms with Crippen molar-refractivity contribution >= 4 is 44.2 Å². The number of carbonyl (C=O) groups excluding carboxylic acids is 1. The summed E-state index contributed by atoms with van der Waals surface area (Å²) >= 11 is 4.92. The van der Waals surface area contributed by atoms with Crippen LogP contribution in [-0.2, 0) is 13.1 Å². The van der Waals surface area contributed by atoms with Crippen molar-refractivity contribution in [1.82, 2.24) is 19.9 Å². The molecular weight excluding hydrogens is 444 g/mol. The molecule has 0 fully saturated rings. The van der Waals surface area contributed by atoms with Crippen LogP contribution in [0.15, 0.2) is 31.6 Å². The van der Waals surface area contributed by atoms with E-state index in [1.54, 1.807) is 6.07 Å². The number of halogens is 1. The third kappa shape index (κ3) is 4.10. The zero-order valence-corrected chi connectivity index (χ0v) is 18.2. The van der Waals surface area contributed by atoms with Gasteiger partial charge in [0.25, 0.3) is 11.5 Å². The number of fused-ring (bicyclic) bond motifs is 1. The lowest BCUT2D eigenvalue weighted by atomic mass is 10.0. The second-order valence-electron chi connectivity index (χ2n) is 6.77. The number of aromatic amines is 1. The van der Waals surface area contributed by atoms with Crippen molar-refractivity contribution in [2.75, 3.05) is 0 Å². The topological polar surface area (TPSA) is 96.9 Å². The van der Waals surface area contributed by atoms with E-state index in [-0.39, 0.29) is 28.4 Å². The summed E-state index contributed by atoms with van der Waals surface area (Å²) in [6, 6.07) is 3.57. The van der Waals surface area contributed by atoms with Crippen molar-refractivity contribution in [2.24, 2.45) is 0 Å². The molecular formula is C19H21BrN4O3S. The van der Waals surface area contributed by atoms with Gasteiger partial charge < -0.3 is 5.32 Å². The summed E-state index contributed by atoms with van der Waals surface area (Å²) in [7, 11) is 0. The van der Waals surface area contributed by atoms with Crippen LogP contribution in [0.2, 0.25) is 0 Å². The molecule has 2 N–H and O–H groups in total. The van der Waals surface area contributed by atoms with Gasteiger partial charge in [-0.2, -0.15) is 0 Å². The lowest BCUT2D eigenvalue weighted by Crippen LogP contribution is -2.33. The average molecular weight is 465 g/mol. The maximum atomic E-state index is 12.9. The van der Waals surface area contributed by atoms with E-state index in [4.69, 9.17) is 0 Å². The molecule has 3 heterocycles. The normalized spacial score (nSPS) is 11.3. The van der Waals surface area contributed by atoms with Crippen LogP contribution in [0.25, 0.3) is 11.0 Å². The number of aromatic nitrogens is 3. The zero-order chi connectivity index (χ0) is 20.4. The minimum atomic E-state index is -0.598. The summed E-state index contributed by atoms with van der Waals surface area (Å²) in [5.41, 5.74) is 0.0364. The highest BCUT2D eigenvalue weighted by Crippen LogP contribution is 2.21. The summed E-state index contributed by atoms with van der Waals surface area (Å²) < 4.78 is 2.38. The van der Waals surface area contributed by atoms with Gasteiger partial charge in [0.15, 0.2) is 5.65 Å². The third-order valence-corrected chi connectivity index (χ3v) is 5.99. The van der Waals surface area contributed by atoms with Crippen LogP contribution in [0.4, 0.5) is 0 Å². The smallest absolute Gasteiger partial charge is 0.329 e. The summed E-state index contributed by atoms with van der Waals surface area (Å²) in [5, 5.41) is 4.94. The monoisotopic (exact) mass is 464 g/mol. The molecule has 1 amide bonds. The molecule has 0 aliphatic heterocycles. The Labute approximate surface area is 174 Å². The van der Waals surface area contributed by atoms with Gasteiger partial charge in [-0.05, 0) is 40.4 Å². The fourth-order valence-corrected chi connectivity index (χ4v) is 4.30. The number of nitrogens with one attached hydrogen (secondary N) is 2. The van der Waals surface area contributed by atoms with E-state index in [1.165, 1.54) is 15.9 Å². The molecule has 3 rings (SSSR count). The molecule has 7 nitrogen and oxygen atoms in total. The van der Waals surface area contributed by atoms with E-state index >= 15 is 0 Å². The number of rotatable bonds is 6. The maximum absolute atomic E-state index is 12.9. The molecule has 28 heavy (non-hydrogen) atoms. The molecule has 3 aromatic heterocycles. The van der Waals surface area contributed by atoms with Crippen molar-refractivity contribution in [2.45, 2.75) is 46.2 Å². The maximum Gasteiger partial charge on any atom is 0.329 e. The van der Waals surface area contributed by atoms with Crippen LogP contribution in [0.3, 0.4) is 0 Å². The lowest BCUT2D eigenvalue weighted by molar-refractivity contribution is 0.0952. The van der Waals surface area contributed by atoms with Crippen molar-refractivity contribution in [3.8, 4) is 0 Å². The number of nitrogens with zero attached hydrogens (tertiary/aromatic N) is 2. The molecule has 3 aromatic rings. The van der Waals surface area contributed by atoms with Crippen molar-refractivity contribution < 1.29 is 4.79 Å². The number of hydrogen-bond acceptors (Lipinski definition) is 5. The van der Waals surface area contributed by atoms with Crippen molar-refractivity contribution in [1.29, 1.82) is 0 Å². The SMILES string of the molecule is CCCn1c(=O)[nH]c(=O)c2c(C(=O)NCc3cc(Br)cs3)cc(C(C)C)nc21. The Morgan fingerprint density at radius 3 is 2.71 bits per heavy atom. The van der Waals surface area contributed by atoms with Crippen LogP contribution < -0.4 is 16.6 Å². The van der Waals surface area contributed by atoms with Gasteiger partial charge in [0.2, 0.25) is 0 Å². The molecule has 0 aliphatic carbocycles. The summed E-state index contributed by atoms with van der Waals surface area (Å²) in [4.78, 5) is 45.6. The van der Waals surface area contributed by atoms with Crippen LogP contribution in [-0.4, -0.2) is 20.4 Å². The fraction of sp³-hybridized carbons (Fsp3) is 0.368.